The highest BCUT2D eigenvalue weighted by Crippen LogP contribution is 2.32. The largest absolute Gasteiger partial charge is 0.383 e. The Labute approximate surface area is 163 Å². The molecule has 3 N–H and O–H groups in total. The van der Waals surface area contributed by atoms with Gasteiger partial charge in [-0.15, -0.1) is 0 Å². The maximum absolute atomic E-state index is 13.1. The maximum atomic E-state index is 13.1. The van der Waals surface area contributed by atoms with Gasteiger partial charge < -0.3 is 10.6 Å². The first-order valence-electron chi connectivity index (χ1n) is 9.07. The van der Waals surface area contributed by atoms with Crippen LogP contribution in [0.15, 0.2) is 36.7 Å². The van der Waals surface area contributed by atoms with Gasteiger partial charge in [-0.3, -0.25) is 14.6 Å². The fourth-order valence-electron chi connectivity index (χ4n) is 3.62. The number of carbonyl (C=O) groups is 1. The second kappa shape index (κ2) is 5.97. The van der Waals surface area contributed by atoms with Crippen LogP contribution in [0, 0.1) is 0 Å². The van der Waals surface area contributed by atoms with Gasteiger partial charge in [0.15, 0.2) is 0 Å². The monoisotopic (exact) mass is 397 g/mol. The molecule has 1 amide bonds. The van der Waals surface area contributed by atoms with Crippen molar-refractivity contribution in [2.45, 2.75) is 18.9 Å². The average Bonchev–Trinajstić information content (AvgIpc) is 3.34. The van der Waals surface area contributed by atoms with E-state index < -0.39 is 31.0 Å². The molecule has 1 fully saturated rings. The molecule has 1 saturated heterocycles. The summed E-state index contributed by atoms with van der Waals surface area (Å²) in [6.07, 6.45) is 3.30. The number of benzene rings is 1. The number of fused-ring (bicyclic) bond motifs is 3. The van der Waals surface area contributed by atoms with Crippen LogP contribution in [0.1, 0.15) is 13.0 Å². The Balaban J connectivity index is 1.55. The first-order chi connectivity index (χ1) is 13.8. The highest BCUT2D eigenvalue weighted by atomic mass is 19.3. The third kappa shape index (κ3) is 2.79. The Morgan fingerprint density at radius 3 is 2.76 bits per heavy atom. The topological polar surface area (TPSA) is 106 Å². The molecule has 5 rings (SSSR count). The van der Waals surface area contributed by atoms with Crippen molar-refractivity contribution in [3.8, 4) is 11.3 Å². The zero-order chi connectivity index (χ0) is 20.3. The third-order valence-corrected chi connectivity index (χ3v) is 5.22. The normalized spacial score (nSPS) is 16.9. The molecule has 0 saturated carbocycles. The lowest BCUT2D eigenvalue weighted by Gasteiger charge is -2.39. The van der Waals surface area contributed by atoms with Crippen molar-refractivity contribution in [3.63, 3.8) is 0 Å². The van der Waals surface area contributed by atoms with Gasteiger partial charge in [0.05, 0.1) is 29.7 Å². The average molecular weight is 397 g/mol. The highest BCUT2D eigenvalue weighted by Gasteiger charge is 2.47. The van der Waals surface area contributed by atoms with Crippen LogP contribution in [0.3, 0.4) is 0 Å². The van der Waals surface area contributed by atoms with Crippen LogP contribution < -0.4 is 5.73 Å². The number of amides is 1. The second-order valence-electron chi connectivity index (χ2n) is 7.30. The summed E-state index contributed by atoms with van der Waals surface area (Å²) in [7, 11) is 0. The maximum Gasteiger partial charge on any atom is 0.282 e. The lowest BCUT2D eigenvalue weighted by atomic mass is 10.1. The molecule has 1 unspecified atom stereocenters. The predicted octanol–water partition coefficient (Wildman–Crippen LogP) is 2.60. The first kappa shape index (κ1) is 17.5. The fourth-order valence-corrected chi connectivity index (χ4v) is 3.62. The number of alkyl halides is 2. The van der Waals surface area contributed by atoms with Gasteiger partial charge in [0.1, 0.15) is 17.4 Å². The minimum Gasteiger partial charge on any atom is -0.383 e. The van der Waals surface area contributed by atoms with E-state index in [4.69, 9.17) is 5.73 Å². The standard InChI is InChI=1S/C19H17F2N7O/c1-10(18(29)27-8-19(20,21)9-27)28-7-13-16(26-28)12-3-2-11(14-4-5-23-25-14)6-15(12)24-17(13)22/h2-7,10H,8-9H2,1H3,(H2,22,24)(H,23,25). The molecule has 8 nitrogen and oxygen atoms in total. The molecule has 1 aliphatic rings. The summed E-state index contributed by atoms with van der Waals surface area (Å²) in [6, 6.07) is 6.82. The van der Waals surface area contributed by atoms with Crippen molar-refractivity contribution in [2.75, 3.05) is 18.8 Å². The summed E-state index contributed by atoms with van der Waals surface area (Å²) < 4.78 is 27.7. The molecule has 1 aliphatic heterocycles. The van der Waals surface area contributed by atoms with E-state index in [0.717, 1.165) is 21.5 Å². The van der Waals surface area contributed by atoms with E-state index in [1.165, 1.54) is 4.68 Å². The van der Waals surface area contributed by atoms with Crippen LogP contribution in [-0.2, 0) is 4.79 Å². The van der Waals surface area contributed by atoms with E-state index in [1.54, 1.807) is 19.3 Å². The summed E-state index contributed by atoms with van der Waals surface area (Å²) in [5.74, 6) is -2.92. The summed E-state index contributed by atoms with van der Waals surface area (Å²) in [5.41, 5.74) is 9.16. The van der Waals surface area contributed by atoms with Crippen molar-refractivity contribution in [1.29, 1.82) is 0 Å². The molecule has 4 aromatic rings. The molecule has 10 heteroatoms. The van der Waals surface area contributed by atoms with E-state index in [9.17, 15) is 13.6 Å². The second-order valence-corrected chi connectivity index (χ2v) is 7.30. The number of nitrogens with two attached hydrogens (primary N) is 1. The number of nitrogen functional groups attached to an aromatic ring is 1. The number of rotatable bonds is 3. The minimum absolute atomic E-state index is 0.288. The Morgan fingerprint density at radius 1 is 1.28 bits per heavy atom. The Bertz CT molecular complexity index is 1240. The van der Waals surface area contributed by atoms with Crippen LogP contribution in [-0.4, -0.2) is 54.8 Å². The van der Waals surface area contributed by atoms with E-state index in [1.807, 2.05) is 24.3 Å². The predicted molar refractivity (Wildman–Crippen MR) is 103 cm³/mol. The molecular weight excluding hydrogens is 380 g/mol. The lowest BCUT2D eigenvalue weighted by Crippen LogP contribution is -2.59. The number of nitrogens with zero attached hydrogens (tertiary/aromatic N) is 5. The number of hydrogen-bond donors (Lipinski definition) is 2. The number of nitrogens with one attached hydrogen (secondary N) is 1. The SMILES string of the molecule is CC(C(=O)N1CC(F)(F)C1)n1cc2c(N)nc3cc(-c4ccn[nH]4)ccc3c2n1. The number of aromatic amines is 1. The van der Waals surface area contributed by atoms with Crippen LogP contribution in [0.2, 0.25) is 0 Å². The summed E-state index contributed by atoms with van der Waals surface area (Å²) in [6.45, 7) is 0.521. The van der Waals surface area contributed by atoms with E-state index in [2.05, 4.69) is 20.3 Å². The first-order valence-corrected chi connectivity index (χ1v) is 9.07. The zero-order valence-electron chi connectivity index (χ0n) is 15.4. The molecule has 1 aromatic carbocycles. The number of aromatic nitrogens is 5. The summed E-state index contributed by atoms with van der Waals surface area (Å²) >= 11 is 0. The van der Waals surface area contributed by atoms with Gasteiger partial charge in [-0.1, -0.05) is 6.07 Å². The van der Waals surface area contributed by atoms with E-state index in [-0.39, 0.29) is 5.82 Å². The molecule has 0 bridgehead atoms. The number of anilines is 1. The van der Waals surface area contributed by atoms with Gasteiger partial charge in [0, 0.05) is 23.3 Å². The van der Waals surface area contributed by atoms with Crippen molar-refractivity contribution in [2.24, 2.45) is 0 Å². The Morgan fingerprint density at radius 2 is 2.07 bits per heavy atom. The van der Waals surface area contributed by atoms with Crippen molar-refractivity contribution in [3.05, 3.63) is 36.7 Å². The molecule has 148 valence electrons. The molecule has 29 heavy (non-hydrogen) atoms. The number of hydrogen-bond acceptors (Lipinski definition) is 5. The van der Waals surface area contributed by atoms with Crippen molar-refractivity contribution >= 4 is 33.5 Å². The molecule has 0 spiro atoms. The van der Waals surface area contributed by atoms with E-state index >= 15 is 0 Å². The molecule has 4 heterocycles. The summed E-state index contributed by atoms with van der Waals surface area (Å²) in [4.78, 5) is 18.1. The fraction of sp³-hybridized carbons (Fsp3) is 0.263. The molecule has 3 aromatic heterocycles. The third-order valence-electron chi connectivity index (χ3n) is 5.22. The highest BCUT2D eigenvalue weighted by molar-refractivity contribution is 6.08. The Kier molecular flexibility index (Phi) is 3.61. The van der Waals surface area contributed by atoms with Gasteiger partial charge in [-0.2, -0.15) is 10.2 Å². The quantitative estimate of drug-likeness (QED) is 0.553. The van der Waals surface area contributed by atoms with Gasteiger partial charge >= 0.3 is 0 Å². The zero-order valence-corrected chi connectivity index (χ0v) is 15.4. The Hall–Kier alpha value is -3.56. The molecule has 0 aliphatic carbocycles. The van der Waals surface area contributed by atoms with Crippen molar-refractivity contribution < 1.29 is 13.6 Å². The van der Waals surface area contributed by atoms with Crippen LogP contribution in [0.5, 0.6) is 0 Å². The molecule has 1 atom stereocenters. The minimum atomic E-state index is -2.80. The number of pyridine rings is 1. The van der Waals surface area contributed by atoms with Crippen molar-refractivity contribution in [1.82, 2.24) is 29.9 Å². The molecular formula is C19H17F2N7O. The van der Waals surface area contributed by atoms with Crippen LogP contribution in [0.25, 0.3) is 33.1 Å². The lowest BCUT2D eigenvalue weighted by molar-refractivity contribution is -0.168. The number of halogens is 2. The summed E-state index contributed by atoms with van der Waals surface area (Å²) in [5, 5.41) is 12.8. The molecule has 0 radical (unpaired) electrons. The number of carbonyl (C=O) groups excluding carboxylic acids is 1. The van der Waals surface area contributed by atoms with Crippen LogP contribution >= 0.6 is 0 Å². The van der Waals surface area contributed by atoms with Gasteiger partial charge in [-0.25, -0.2) is 13.8 Å². The van der Waals surface area contributed by atoms with Gasteiger partial charge in [0.25, 0.3) is 5.92 Å². The number of H-pyrrole nitrogens is 1. The number of likely N-dealkylation sites (tertiary alicyclic amines) is 1. The van der Waals surface area contributed by atoms with Gasteiger partial charge in [-0.05, 0) is 25.1 Å². The van der Waals surface area contributed by atoms with Crippen LogP contribution in [0.4, 0.5) is 14.6 Å². The smallest absolute Gasteiger partial charge is 0.282 e. The van der Waals surface area contributed by atoms with E-state index in [0.29, 0.717) is 16.4 Å². The van der Waals surface area contributed by atoms with Gasteiger partial charge in [0.2, 0.25) is 5.91 Å².